The lowest BCUT2D eigenvalue weighted by atomic mass is 10.1. The largest absolute Gasteiger partial charge is 0.618 e. The Labute approximate surface area is 119 Å². The van der Waals surface area contributed by atoms with Gasteiger partial charge in [-0.1, -0.05) is 0 Å². The fourth-order valence-electron chi connectivity index (χ4n) is 2.40. The lowest BCUT2D eigenvalue weighted by Gasteiger charge is -2.15. The highest BCUT2D eigenvalue weighted by Crippen LogP contribution is 2.33. The van der Waals surface area contributed by atoms with E-state index in [2.05, 4.69) is 16.0 Å². The standard InChI is InChI=1S/C15H22N4O/c1-4-16-11-7-8-13(18-6-3)15-14(11)12(17-5-2)9-10-19(15)20/h7-10,16-18H,4-6H2,1-3H3. The minimum absolute atomic E-state index is 0.670. The maximum atomic E-state index is 12.2. The molecule has 20 heavy (non-hydrogen) atoms. The van der Waals surface area contributed by atoms with Crippen molar-refractivity contribution in [3.8, 4) is 0 Å². The summed E-state index contributed by atoms with van der Waals surface area (Å²) in [6.45, 7) is 8.52. The molecule has 0 aliphatic carbocycles. The third-order valence-corrected chi connectivity index (χ3v) is 3.15. The first-order valence-electron chi connectivity index (χ1n) is 7.13. The number of aromatic nitrogens is 1. The molecule has 108 valence electrons. The number of benzene rings is 1. The minimum atomic E-state index is 0.670. The zero-order valence-corrected chi connectivity index (χ0v) is 12.3. The molecule has 5 heteroatoms. The Kier molecular flexibility index (Phi) is 4.50. The van der Waals surface area contributed by atoms with Crippen LogP contribution >= 0.6 is 0 Å². The van der Waals surface area contributed by atoms with Crippen molar-refractivity contribution >= 4 is 28.0 Å². The summed E-state index contributed by atoms with van der Waals surface area (Å²) in [6, 6.07) is 5.80. The van der Waals surface area contributed by atoms with E-state index in [4.69, 9.17) is 0 Å². The molecule has 0 aliphatic heterocycles. The molecule has 2 aromatic rings. The summed E-state index contributed by atoms with van der Waals surface area (Å²) in [5.41, 5.74) is 3.48. The predicted molar refractivity (Wildman–Crippen MR) is 85.4 cm³/mol. The van der Waals surface area contributed by atoms with Gasteiger partial charge in [0.25, 0.3) is 5.52 Å². The van der Waals surface area contributed by atoms with Crippen LogP contribution in [0.4, 0.5) is 17.1 Å². The van der Waals surface area contributed by atoms with Crippen molar-refractivity contribution in [3.63, 3.8) is 0 Å². The maximum Gasteiger partial charge on any atom is 0.251 e. The first-order valence-corrected chi connectivity index (χ1v) is 7.13. The van der Waals surface area contributed by atoms with E-state index < -0.39 is 0 Å². The number of nitrogens with one attached hydrogen (secondary N) is 3. The first-order chi connectivity index (χ1) is 9.72. The molecular formula is C15H22N4O. The molecule has 1 aromatic heterocycles. The Morgan fingerprint density at radius 3 is 1.95 bits per heavy atom. The smallest absolute Gasteiger partial charge is 0.251 e. The monoisotopic (exact) mass is 274 g/mol. The first kappa shape index (κ1) is 14.2. The molecule has 0 bridgehead atoms. The molecule has 1 heterocycles. The van der Waals surface area contributed by atoms with Gasteiger partial charge in [0, 0.05) is 25.7 Å². The number of nitrogens with zero attached hydrogens (tertiary/aromatic N) is 1. The van der Waals surface area contributed by atoms with Crippen molar-refractivity contribution in [1.29, 1.82) is 0 Å². The highest BCUT2D eigenvalue weighted by molar-refractivity contribution is 6.05. The van der Waals surface area contributed by atoms with E-state index in [1.54, 1.807) is 6.20 Å². The zero-order chi connectivity index (χ0) is 14.5. The molecule has 1 aromatic carbocycles. The molecule has 0 atom stereocenters. The van der Waals surface area contributed by atoms with Crippen LogP contribution in [0.2, 0.25) is 0 Å². The topological polar surface area (TPSA) is 63.0 Å². The third-order valence-electron chi connectivity index (χ3n) is 3.15. The van der Waals surface area contributed by atoms with Gasteiger partial charge in [0.05, 0.1) is 16.8 Å². The van der Waals surface area contributed by atoms with Crippen LogP contribution in [0.3, 0.4) is 0 Å². The van der Waals surface area contributed by atoms with Gasteiger partial charge in [-0.25, -0.2) is 0 Å². The minimum Gasteiger partial charge on any atom is -0.618 e. The second-order valence-corrected chi connectivity index (χ2v) is 4.53. The van der Waals surface area contributed by atoms with Crippen LogP contribution in [-0.2, 0) is 0 Å². The Balaban J connectivity index is 2.75. The summed E-state index contributed by atoms with van der Waals surface area (Å²) in [4.78, 5) is 0. The number of anilines is 3. The van der Waals surface area contributed by atoms with E-state index in [-0.39, 0.29) is 0 Å². The lowest BCUT2D eigenvalue weighted by Crippen LogP contribution is -2.28. The van der Waals surface area contributed by atoms with Gasteiger partial charge in [-0.15, -0.1) is 0 Å². The number of fused-ring (bicyclic) bond motifs is 1. The van der Waals surface area contributed by atoms with Crippen LogP contribution in [-0.4, -0.2) is 19.6 Å². The average molecular weight is 274 g/mol. The van der Waals surface area contributed by atoms with Gasteiger partial charge in [0.15, 0.2) is 6.20 Å². The van der Waals surface area contributed by atoms with E-state index in [0.29, 0.717) is 5.52 Å². The molecule has 0 fully saturated rings. The summed E-state index contributed by atoms with van der Waals surface area (Å²) >= 11 is 0. The predicted octanol–water partition coefficient (Wildman–Crippen LogP) is 2.77. The third kappa shape index (κ3) is 2.57. The fraction of sp³-hybridized carbons (Fsp3) is 0.400. The second kappa shape index (κ2) is 6.32. The molecule has 0 radical (unpaired) electrons. The summed E-state index contributed by atoms with van der Waals surface area (Å²) in [7, 11) is 0. The Hall–Kier alpha value is -2.17. The molecule has 5 nitrogen and oxygen atoms in total. The van der Waals surface area contributed by atoms with Gasteiger partial charge in [0.1, 0.15) is 5.69 Å². The molecule has 0 aliphatic rings. The van der Waals surface area contributed by atoms with E-state index in [1.807, 2.05) is 39.0 Å². The number of rotatable bonds is 6. The van der Waals surface area contributed by atoms with Gasteiger partial charge in [-0.05, 0) is 32.9 Å². The van der Waals surface area contributed by atoms with Crippen LogP contribution < -0.4 is 20.7 Å². The highest BCUT2D eigenvalue weighted by Gasteiger charge is 2.17. The van der Waals surface area contributed by atoms with Crippen molar-refractivity contribution in [1.82, 2.24) is 0 Å². The molecule has 0 unspecified atom stereocenters. The summed E-state index contributed by atoms with van der Waals surface area (Å²) in [5, 5.41) is 23.0. The SMILES string of the molecule is CCNc1ccc(NCC)c2c1c(NCC)cc[n+]2[O-]. The maximum absolute atomic E-state index is 12.2. The van der Waals surface area contributed by atoms with Gasteiger partial charge in [-0.3, -0.25) is 0 Å². The quantitative estimate of drug-likeness (QED) is 0.560. The van der Waals surface area contributed by atoms with Crippen LogP contribution in [0.1, 0.15) is 20.8 Å². The lowest BCUT2D eigenvalue weighted by molar-refractivity contribution is -0.576. The summed E-state index contributed by atoms with van der Waals surface area (Å²) in [5.74, 6) is 0. The highest BCUT2D eigenvalue weighted by atomic mass is 16.5. The molecular weight excluding hydrogens is 252 g/mol. The molecule has 0 saturated heterocycles. The van der Waals surface area contributed by atoms with Crippen molar-refractivity contribution in [2.75, 3.05) is 35.6 Å². The van der Waals surface area contributed by atoms with E-state index in [0.717, 1.165) is 46.8 Å². The molecule has 3 N–H and O–H groups in total. The summed E-state index contributed by atoms with van der Waals surface area (Å²) < 4.78 is 0.926. The van der Waals surface area contributed by atoms with Crippen LogP contribution in [0.15, 0.2) is 24.4 Å². The van der Waals surface area contributed by atoms with Crippen LogP contribution in [0, 0.1) is 5.21 Å². The van der Waals surface area contributed by atoms with E-state index >= 15 is 0 Å². The average Bonchev–Trinajstić information content (AvgIpc) is 2.44. The summed E-state index contributed by atoms with van der Waals surface area (Å²) in [6.07, 6.45) is 1.55. The van der Waals surface area contributed by atoms with Crippen molar-refractivity contribution in [3.05, 3.63) is 29.6 Å². The number of hydrogen-bond acceptors (Lipinski definition) is 4. The Bertz CT molecular complexity index is 586. The molecule has 0 spiro atoms. The van der Waals surface area contributed by atoms with Gasteiger partial charge in [0.2, 0.25) is 0 Å². The Morgan fingerprint density at radius 2 is 1.35 bits per heavy atom. The van der Waals surface area contributed by atoms with E-state index in [1.165, 1.54) is 0 Å². The Morgan fingerprint density at radius 1 is 0.850 bits per heavy atom. The number of hydrogen-bond donors (Lipinski definition) is 3. The van der Waals surface area contributed by atoms with Crippen molar-refractivity contribution < 1.29 is 4.73 Å². The van der Waals surface area contributed by atoms with Gasteiger partial charge in [-0.2, -0.15) is 4.73 Å². The van der Waals surface area contributed by atoms with Crippen molar-refractivity contribution in [2.24, 2.45) is 0 Å². The molecule has 2 rings (SSSR count). The van der Waals surface area contributed by atoms with Crippen molar-refractivity contribution in [2.45, 2.75) is 20.8 Å². The second-order valence-electron chi connectivity index (χ2n) is 4.53. The van der Waals surface area contributed by atoms with Crippen LogP contribution in [0.5, 0.6) is 0 Å². The van der Waals surface area contributed by atoms with Crippen LogP contribution in [0.25, 0.3) is 10.9 Å². The van der Waals surface area contributed by atoms with E-state index in [9.17, 15) is 5.21 Å². The number of pyridine rings is 1. The fourth-order valence-corrected chi connectivity index (χ4v) is 2.40. The molecule has 0 saturated carbocycles. The van der Waals surface area contributed by atoms with Gasteiger partial charge >= 0.3 is 0 Å². The normalized spacial score (nSPS) is 10.6. The molecule has 0 amide bonds. The van der Waals surface area contributed by atoms with Gasteiger partial charge < -0.3 is 21.2 Å². The zero-order valence-electron chi connectivity index (χ0n) is 12.3.